The first kappa shape index (κ1) is 28.6. The van der Waals surface area contributed by atoms with Crippen molar-refractivity contribution in [3.8, 4) is 5.75 Å². The van der Waals surface area contributed by atoms with Crippen LogP contribution in [0.4, 0.5) is 9.18 Å². The lowest BCUT2D eigenvalue weighted by Gasteiger charge is -2.42. The molecule has 214 valence electrons. The summed E-state index contributed by atoms with van der Waals surface area (Å²) in [6.45, 7) is 4.56. The Hall–Kier alpha value is -2.88. The zero-order valence-corrected chi connectivity index (χ0v) is 24.0. The summed E-state index contributed by atoms with van der Waals surface area (Å²) >= 11 is 12.5. The molecule has 3 heterocycles. The molecule has 0 bridgehead atoms. The number of ether oxygens (including phenoxy) is 2. The third kappa shape index (κ3) is 5.78. The molecule has 0 N–H and O–H groups in total. The van der Waals surface area contributed by atoms with Gasteiger partial charge in [0.05, 0.1) is 34.7 Å². The molecule has 0 aliphatic carbocycles. The molecule has 0 radical (unpaired) electrons. The van der Waals surface area contributed by atoms with Crippen LogP contribution in [0.2, 0.25) is 10.0 Å². The lowest BCUT2D eigenvalue weighted by Crippen LogP contribution is -2.55. The molecule has 5 rings (SSSR count). The quantitative estimate of drug-likeness (QED) is 0.497. The van der Waals surface area contributed by atoms with Crippen molar-refractivity contribution in [3.63, 3.8) is 0 Å². The van der Waals surface area contributed by atoms with Crippen molar-refractivity contribution >= 4 is 41.1 Å². The van der Waals surface area contributed by atoms with Crippen molar-refractivity contribution in [2.75, 3.05) is 46.4 Å². The molecule has 2 atom stereocenters. The van der Waals surface area contributed by atoms with E-state index in [0.29, 0.717) is 62.3 Å². The van der Waals surface area contributed by atoms with Crippen LogP contribution in [0.25, 0.3) is 0 Å². The SMILES string of the molecule is CN(C(=O)Oc1ccc(F)cc1)C1CN(C(=O)C2CCN(C(=O)C3(C)COC3)CC2)CC1c1ccc(Cl)c(Cl)c1. The molecule has 3 fully saturated rings. The first-order valence-electron chi connectivity index (χ1n) is 13.4. The minimum absolute atomic E-state index is 0.0122. The molecule has 3 aliphatic rings. The second kappa shape index (κ2) is 11.5. The van der Waals surface area contributed by atoms with Crippen molar-refractivity contribution < 1.29 is 28.2 Å². The van der Waals surface area contributed by atoms with Gasteiger partial charge in [0.1, 0.15) is 11.6 Å². The van der Waals surface area contributed by atoms with Gasteiger partial charge in [0.25, 0.3) is 0 Å². The summed E-state index contributed by atoms with van der Waals surface area (Å²) < 4.78 is 24.0. The minimum atomic E-state index is -0.615. The number of likely N-dealkylation sites (tertiary alicyclic amines) is 2. The number of amides is 3. The largest absolute Gasteiger partial charge is 0.415 e. The lowest BCUT2D eigenvalue weighted by molar-refractivity contribution is -0.170. The summed E-state index contributed by atoms with van der Waals surface area (Å²) in [5, 5.41) is 0.808. The van der Waals surface area contributed by atoms with Crippen LogP contribution in [-0.4, -0.2) is 85.1 Å². The van der Waals surface area contributed by atoms with Crippen molar-refractivity contribution in [2.45, 2.75) is 31.7 Å². The van der Waals surface area contributed by atoms with E-state index < -0.39 is 23.4 Å². The minimum Gasteiger partial charge on any atom is -0.410 e. The van der Waals surface area contributed by atoms with E-state index >= 15 is 0 Å². The van der Waals surface area contributed by atoms with Gasteiger partial charge >= 0.3 is 6.09 Å². The van der Waals surface area contributed by atoms with Crippen LogP contribution in [0, 0.1) is 17.2 Å². The second-order valence-electron chi connectivity index (χ2n) is 11.1. The first-order valence-corrected chi connectivity index (χ1v) is 14.1. The van der Waals surface area contributed by atoms with E-state index in [1.807, 2.05) is 17.9 Å². The van der Waals surface area contributed by atoms with E-state index in [-0.39, 0.29) is 29.4 Å². The Balaban J connectivity index is 1.29. The maximum Gasteiger partial charge on any atom is 0.415 e. The Morgan fingerprint density at radius 3 is 2.27 bits per heavy atom. The fourth-order valence-electron chi connectivity index (χ4n) is 5.74. The number of hydrogen-bond donors (Lipinski definition) is 0. The van der Waals surface area contributed by atoms with Crippen molar-refractivity contribution in [2.24, 2.45) is 11.3 Å². The molecule has 40 heavy (non-hydrogen) atoms. The predicted octanol–water partition coefficient (Wildman–Crippen LogP) is 4.83. The molecule has 3 saturated heterocycles. The van der Waals surface area contributed by atoms with Crippen LogP contribution in [0.15, 0.2) is 42.5 Å². The lowest BCUT2D eigenvalue weighted by atomic mass is 9.85. The molecule has 0 aromatic heterocycles. The molecule has 3 aliphatic heterocycles. The van der Waals surface area contributed by atoms with E-state index in [1.54, 1.807) is 24.1 Å². The summed E-state index contributed by atoms with van der Waals surface area (Å²) in [5.41, 5.74) is 0.395. The fraction of sp³-hybridized carbons (Fsp3) is 0.483. The third-order valence-corrected chi connectivity index (χ3v) is 9.00. The number of likely N-dealkylation sites (N-methyl/N-ethyl adjacent to an activating group) is 1. The zero-order chi connectivity index (χ0) is 28.6. The Kier molecular flexibility index (Phi) is 8.27. The maximum atomic E-state index is 13.7. The summed E-state index contributed by atoms with van der Waals surface area (Å²) in [5.74, 6) is -0.549. The smallest absolute Gasteiger partial charge is 0.410 e. The average Bonchev–Trinajstić information content (AvgIpc) is 3.38. The number of carbonyl (C=O) groups is 3. The van der Waals surface area contributed by atoms with Gasteiger partial charge in [-0.15, -0.1) is 0 Å². The molecule has 2 aromatic carbocycles. The topological polar surface area (TPSA) is 79.4 Å². The molecule has 11 heteroatoms. The first-order chi connectivity index (χ1) is 19.1. The van der Waals surface area contributed by atoms with E-state index in [4.69, 9.17) is 32.7 Å². The number of halogens is 3. The average molecular weight is 592 g/mol. The van der Waals surface area contributed by atoms with E-state index in [9.17, 15) is 18.8 Å². The van der Waals surface area contributed by atoms with Gasteiger partial charge in [-0.1, -0.05) is 29.3 Å². The molecule has 0 saturated carbocycles. The number of hydrogen-bond acceptors (Lipinski definition) is 5. The fourth-order valence-corrected chi connectivity index (χ4v) is 6.05. The van der Waals surface area contributed by atoms with E-state index in [0.717, 1.165) is 5.56 Å². The van der Waals surface area contributed by atoms with Gasteiger partial charge in [0.2, 0.25) is 11.8 Å². The van der Waals surface area contributed by atoms with Crippen LogP contribution < -0.4 is 4.74 Å². The monoisotopic (exact) mass is 591 g/mol. The highest BCUT2D eigenvalue weighted by molar-refractivity contribution is 6.42. The summed E-state index contributed by atoms with van der Waals surface area (Å²) in [4.78, 5) is 44.8. The highest BCUT2D eigenvalue weighted by Gasteiger charge is 2.46. The number of benzene rings is 2. The Morgan fingerprint density at radius 1 is 1.00 bits per heavy atom. The van der Waals surface area contributed by atoms with Crippen molar-refractivity contribution in [1.82, 2.24) is 14.7 Å². The van der Waals surface area contributed by atoms with E-state index in [1.165, 1.54) is 29.2 Å². The molecule has 0 spiro atoms. The van der Waals surface area contributed by atoms with Crippen LogP contribution in [-0.2, 0) is 14.3 Å². The molecule has 2 aromatic rings. The van der Waals surface area contributed by atoms with Gasteiger partial charge in [-0.05, 0) is 61.7 Å². The van der Waals surface area contributed by atoms with Gasteiger partial charge in [0.15, 0.2) is 0 Å². The maximum absolute atomic E-state index is 13.7. The Bertz CT molecular complexity index is 1280. The summed E-state index contributed by atoms with van der Waals surface area (Å²) in [7, 11) is 1.63. The highest BCUT2D eigenvalue weighted by Crippen LogP contribution is 2.36. The molecular formula is C29H32Cl2FN3O5. The normalized spacial score (nSPS) is 22.5. The third-order valence-electron chi connectivity index (χ3n) is 8.27. The molecule has 8 nitrogen and oxygen atoms in total. The van der Waals surface area contributed by atoms with Gasteiger partial charge in [-0.25, -0.2) is 9.18 Å². The van der Waals surface area contributed by atoms with Crippen LogP contribution in [0.5, 0.6) is 5.75 Å². The molecule has 2 unspecified atom stereocenters. The number of nitrogens with zero attached hydrogens (tertiary/aromatic N) is 3. The highest BCUT2D eigenvalue weighted by atomic mass is 35.5. The second-order valence-corrected chi connectivity index (χ2v) is 12.0. The summed E-state index contributed by atoms with van der Waals surface area (Å²) in [6, 6.07) is 10.1. The van der Waals surface area contributed by atoms with Gasteiger partial charge in [0, 0.05) is 45.1 Å². The number of rotatable bonds is 5. The van der Waals surface area contributed by atoms with Crippen molar-refractivity contribution in [1.29, 1.82) is 0 Å². The van der Waals surface area contributed by atoms with Gasteiger partial charge in [-0.3, -0.25) is 9.59 Å². The molecule has 3 amide bonds. The Labute approximate surface area is 242 Å². The molecular weight excluding hydrogens is 560 g/mol. The van der Waals surface area contributed by atoms with Crippen LogP contribution in [0.3, 0.4) is 0 Å². The standard InChI is InChI=1S/C29H32Cl2FN3O5/c1-29(16-39-17-29)27(37)34-11-9-18(10-12-34)26(36)35-14-22(19-3-8-23(30)24(31)13-19)25(15-35)33(2)28(38)40-21-6-4-20(32)5-7-21/h3-8,13,18,22,25H,9-12,14-17H2,1-2H3. The Morgan fingerprint density at radius 2 is 1.68 bits per heavy atom. The predicted molar refractivity (Wildman–Crippen MR) is 148 cm³/mol. The summed E-state index contributed by atoms with van der Waals surface area (Å²) in [6.07, 6.45) is 0.557. The number of piperidine rings is 1. The van der Waals surface area contributed by atoms with Crippen LogP contribution in [0.1, 0.15) is 31.2 Å². The van der Waals surface area contributed by atoms with E-state index in [2.05, 4.69) is 0 Å². The zero-order valence-electron chi connectivity index (χ0n) is 22.4. The van der Waals surface area contributed by atoms with Gasteiger partial charge in [-0.2, -0.15) is 0 Å². The van der Waals surface area contributed by atoms with Gasteiger partial charge < -0.3 is 24.2 Å². The van der Waals surface area contributed by atoms with Crippen LogP contribution >= 0.6 is 23.2 Å². The number of carbonyl (C=O) groups excluding carboxylic acids is 3. The van der Waals surface area contributed by atoms with Crippen molar-refractivity contribution in [3.05, 3.63) is 63.9 Å².